The highest BCUT2D eigenvalue weighted by atomic mass is 35.5. The number of urea groups is 1. The average Bonchev–Trinajstić information content (AvgIpc) is 3.15. The number of hydrogen-bond acceptors (Lipinski definition) is 4. The Morgan fingerprint density at radius 1 is 1.31 bits per heavy atom. The Morgan fingerprint density at radius 2 is 2.04 bits per heavy atom. The Hall–Kier alpha value is -1.99. The minimum Gasteiger partial charge on any atom is -0.491 e. The van der Waals surface area contributed by atoms with E-state index < -0.39 is 12.1 Å². The Balaban J connectivity index is 1.57. The molecule has 0 bridgehead atoms. The van der Waals surface area contributed by atoms with Crippen LogP contribution in [0, 0.1) is 6.92 Å². The summed E-state index contributed by atoms with van der Waals surface area (Å²) in [5.41, 5.74) is 0.889. The molecule has 3 amide bonds. The monoisotopic (exact) mass is 383 g/mol. The number of benzene rings is 1. The summed E-state index contributed by atoms with van der Waals surface area (Å²) in [7, 11) is 0. The summed E-state index contributed by atoms with van der Waals surface area (Å²) < 4.78 is 5.47. The number of aryl methyl sites for hydroxylation is 1. The van der Waals surface area contributed by atoms with E-state index in [0.29, 0.717) is 10.8 Å². The van der Waals surface area contributed by atoms with Gasteiger partial charge < -0.3 is 25.4 Å². The highest BCUT2D eigenvalue weighted by Gasteiger charge is 2.17. The first kappa shape index (κ1) is 20.3. The molecule has 1 aromatic rings. The number of carbonyl (C=O) groups is 2. The first-order chi connectivity index (χ1) is 12.5. The van der Waals surface area contributed by atoms with Crippen LogP contribution in [0.5, 0.6) is 5.75 Å². The van der Waals surface area contributed by atoms with E-state index in [1.807, 2.05) is 11.8 Å². The molecule has 0 radical (unpaired) electrons. The molecule has 1 fully saturated rings. The Bertz CT molecular complexity index is 620. The van der Waals surface area contributed by atoms with Gasteiger partial charge in [-0.1, -0.05) is 11.6 Å². The number of hydrogen-bond donors (Lipinski definition) is 3. The maximum Gasteiger partial charge on any atom is 0.314 e. The molecule has 3 N–H and O–H groups in total. The molecule has 1 aliphatic heterocycles. The number of aliphatic hydroxyl groups excluding tert-OH is 1. The lowest BCUT2D eigenvalue weighted by Gasteiger charge is -2.16. The van der Waals surface area contributed by atoms with Gasteiger partial charge in [-0.05, 0) is 43.5 Å². The van der Waals surface area contributed by atoms with Crippen molar-refractivity contribution >= 4 is 23.5 Å². The quantitative estimate of drug-likeness (QED) is 0.637. The van der Waals surface area contributed by atoms with Crippen LogP contribution in [0.2, 0.25) is 5.02 Å². The first-order valence-corrected chi connectivity index (χ1v) is 9.20. The second-order valence-electron chi connectivity index (χ2n) is 6.35. The lowest BCUT2D eigenvalue weighted by atomic mass is 10.2. The van der Waals surface area contributed by atoms with Crippen molar-refractivity contribution < 1.29 is 19.4 Å². The summed E-state index contributed by atoms with van der Waals surface area (Å²) in [6, 6.07) is 4.82. The number of nitrogens with one attached hydrogen (secondary N) is 2. The predicted molar refractivity (Wildman–Crippen MR) is 99.5 cm³/mol. The van der Waals surface area contributed by atoms with E-state index in [-0.39, 0.29) is 32.0 Å². The molecule has 1 saturated heterocycles. The smallest absolute Gasteiger partial charge is 0.314 e. The standard InChI is InChI=1S/C18H26ClN3O4/c1-13-10-15(4-5-16(13)19)26-12-14(23)11-21-18(25)20-7-6-17(24)22-8-2-3-9-22/h4-5,10,14,23H,2-3,6-9,11-12H2,1H3,(H2,20,21,25)/t14-/m0/s1. The Morgan fingerprint density at radius 3 is 2.73 bits per heavy atom. The minimum absolute atomic E-state index is 0.0504. The van der Waals surface area contributed by atoms with Crippen LogP contribution in [0.3, 0.4) is 0 Å². The van der Waals surface area contributed by atoms with Gasteiger partial charge in [0.15, 0.2) is 0 Å². The zero-order valence-corrected chi connectivity index (χ0v) is 15.7. The third kappa shape index (κ3) is 6.72. The van der Waals surface area contributed by atoms with Crippen molar-refractivity contribution in [3.63, 3.8) is 0 Å². The molecule has 7 nitrogen and oxygen atoms in total. The van der Waals surface area contributed by atoms with Crippen molar-refractivity contribution in [2.75, 3.05) is 32.8 Å². The summed E-state index contributed by atoms with van der Waals surface area (Å²) in [4.78, 5) is 25.4. The molecule has 1 aliphatic rings. The van der Waals surface area contributed by atoms with Crippen molar-refractivity contribution in [2.45, 2.75) is 32.3 Å². The first-order valence-electron chi connectivity index (χ1n) is 8.82. The van der Waals surface area contributed by atoms with E-state index in [0.717, 1.165) is 31.5 Å². The summed E-state index contributed by atoms with van der Waals surface area (Å²) in [5, 5.41) is 15.7. The number of amides is 3. The second kappa shape index (κ2) is 10.2. The predicted octanol–water partition coefficient (Wildman–Crippen LogP) is 1.70. The van der Waals surface area contributed by atoms with Crippen molar-refractivity contribution in [1.29, 1.82) is 0 Å². The van der Waals surface area contributed by atoms with Crippen LogP contribution >= 0.6 is 11.6 Å². The van der Waals surface area contributed by atoms with Crippen molar-refractivity contribution in [3.05, 3.63) is 28.8 Å². The molecular weight excluding hydrogens is 358 g/mol. The number of rotatable bonds is 8. The molecule has 1 heterocycles. The summed E-state index contributed by atoms with van der Waals surface area (Å²) in [6.45, 7) is 3.87. The molecule has 0 unspecified atom stereocenters. The molecule has 0 spiro atoms. The third-order valence-corrected chi connectivity index (χ3v) is 4.58. The maximum atomic E-state index is 11.8. The van der Waals surface area contributed by atoms with Gasteiger partial charge >= 0.3 is 6.03 Å². The Kier molecular flexibility index (Phi) is 8.00. The lowest BCUT2D eigenvalue weighted by Crippen LogP contribution is -2.42. The fourth-order valence-corrected chi connectivity index (χ4v) is 2.76. The lowest BCUT2D eigenvalue weighted by molar-refractivity contribution is -0.129. The van der Waals surface area contributed by atoms with Crippen LogP contribution in [-0.4, -0.2) is 60.8 Å². The fraction of sp³-hybridized carbons (Fsp3) is 0.556. The van der Waals surface area contributed by atoms with Crippen molar-refractivity contribution in [3.8, 4) is 5.75 Å². The van der Waals surface area contributed by atoms with Gasteiger partial charge in [0.1, 0.15) is 18.5 Å². The van der Waals surface area contributed by atoms with Crippen LogP contribution < -0.4 is 15.4 Å². The van der Waals surface area contributed by atoms with E-state index in [4.69, 9.17) is 16.3 Å². The van der Waals surface area contributed by atoms with Gasteiger partial charge in [-0.3, -0.25) is 4.79 Å². The van der Waals surface area contributed by atoms with Crippen LogP contribution in [0.25, 0.3) is 0 Å². The fourth-order valence-electron chi connectivity index (χ4n) is 2.64. The van der Waals surface area contributed by atoms with Gasteiger partial charge in [-0.15, -0.1) is 0 Å². The zero-order chi connectivity index (χ0) is 18.9. The molecule has 0 aliphatic carbocycles. The molecule has 0 aromatic heterocycles. The largest absolute Gasteiger partial charge is 0.491 e. The average molecular weight is 384 g/mol. The van der Waals surface area contributed by atoms with Gasteiger partial charge in [-0.25, -0.2) is 4.79 Å². The number of likely N-dealkylation sites (tertiary alicyclic amines) is 1. The number of ether oxygens (including phenoxy) is 1. The van der Waals surface area contributed by atoms with Gasteiger partial charge in [0, 0.05) is 37.6 Å². The van der Waals surface area contributed by atoms with Gasteiger partial charge in [0.2, 0.25) is 5.91 Å². The van der Waals surface area contributed by atoms with E-state index >= 15 is 0 Å². The van der Waals surface area contributed by atoms with E-state index in [9.17, 15) is 14.7 Å². The molecule has 8 heteroatoms. The number of carbonyl (C=O) groups excluding carboxylic acids is 2. The van der Waals surface area contributed by atoms with Gasteiger partial charge in [-0.2, -0.15) is 0 Å². The topological polar surface area (TPSA) is 90.9 Å². The number of aliphatic hydroxyl groups is 1. The van der Waals surface area contributed by atoms with Crippen LogP contribution in [0.4, 0.5) is 4.79 Å². The zero-order valence-electron chi connectivity index (χ0n) is 15.0. The van der Waals surface area contributed by atoms with E-state index in [1.165, 1.54) is 0 Å². The molecule has 144 valence electrons. The molecule has 1 atom stereocenters. The van der Waals surface area contributed by atoms with E-state index in [1.54, 1.807) is 18.2 Å². The highest BCUT2D eigenvalue weighted by molar-refractivity contribution is 6.31. The maximum absolute atomic E-state index is 11.8. The summed E-state index contributed by atoms with van der Waals surface area (Å²) in [6.07, 6.45) is 1.54. The van der Waals surface area contributed by atoms with Crippen LogP contribution in [0.15, 0.2) is 18.2 Å². The molecule has 2 rings (SSSR count). The summed E-state index contributed by atoms with van der Waals surface area (Å²) in [5.74, 6) is 0.672. The third-order valence-electron chi connectivity index (χ3n) is 4.15. The van der Waals surface area contributed by atoms with Crippen molar-refractivity contribution in [2.24, 2.45) is 0 Å². The molecule has 1 aromatic carbocycles. The molecule has 26 heavy (non-hydrogen) atoms. The van der Waals surface area contributed by atoms with E-state index in [2.05, 4.69) is 10.6 Å². The molecular formula is C18H26ClN3O4. The second-order valence-corrected chi connectivity index (χ2v) is 6.76. The summed E-state index contributed by atoms with van der Waals surface area (Å²) >= 11 is 5.94. The van der Waals surface area contributed by atoms with Crippen LogP contribution in [-0.2, 0) is 4.79 Å². The van der Waals surface area contributed by atoms with Gasteiger partial charge in [0.25, 0.3) is 0 Å². The number of nitrogens with zero attached hydrogens (tertiary/aromatic N) is 1. The molecule has 0 saturated carbocycles. The Labute approximate surface area is 158 Å². The number of halogens is 1. The highest BCUT2D eigenvalue weighted by Crippen LogP contribution is 2.21. The van der Waals surface area contributed by atoms with Crippen LogP contribution in [0.1, 0.15) is 24.8 Å². The van der Waals surface area contributed by atoms with Crippen molar-refractivity contribution in [1.82, 2.24) is 15.5 Å². The van der Waals surface area contributed by atoms with Gasteiger partial charge in [0.05, 0.1) is 0 Å². The minimum atomic E-state index is -0.844. The SMILES string of the molecule is Cc1cc(OC[C@@H](O)CNC(=O)NCCC(=O)N2CCCC2)ccc1Cl. The normalized spacial score (nSPS) is 14.8.